The van der Waals surface area contributed by atoms with Crippen LogP contribution in [-0.4, -0.2) is 24.0 Å². The molecule has 5 heteroatoms. The predicted octanol–water partition coefficient (Wildman–Crippen LogP) is 6.03. The average Bonchev–Trinajstić information content (AvgIpc) is 2.98. The Bertz CT molecular complexity index is 833. The largest absolute Gasteiger partial charge is 0.416 e. The van der Waals surface area contributed by atoms with E-state index in [9.17, 15) is 13.2 Å². The second-order valence-electron chi connectivity index (χ2n) is 8.03. The van der Waals surface area contributed by atoms with Crippen molar-refractivity contribution in [2.24, 2.45) is 5.92 Å². The van der Waals surface area contributed by atoms with E-state index in [0.29, 0.717) is 23.9 Å². The summed E-state index contributed by atoms with van der Waals surface area (Å²) in [6.45, 7) is 6.07. The van der Waals surface area contributed by atoms with E-state index in [2.05, 4.69) is 43.0 Å². The second kappa shape index (κ2) is 8.08. The van der Waals surface area contributed by atoms with Crippen LogP contribution in [0.3, 0.4) is 0 Å². The maximum atomic E-state index is 13.5. The summed E-state index contributed by atoms with van der Waals surface area (Å²) in [5.41, 5.74) is 3.64. The van der Waals surface area contributed by atoms with Gasteiger partial charge in [-0.3, -0.25) is 4.90 Å². The first-order chi connectivity index (χ1) is 12.9. The van der Waals surface area contributed by atoms with Crippen molar-refractivity contribution in [2.75, 3.05) is 13.1 Å². The second-order valence-corrected chi connectivity index (χ2v) is 8.03. The SMILES string of the molecule is CCN1CC2c3cccc(C(F)(F)F)c3CCC2C1Cc1cccc(C)c1.Cl. The van der Waals surface area contributed by atoms with E-state index in [1.807, 2.05) is 6.07 Å². The summed E-state index contributed by atoms with van der Waals surface area (Å²) in [6.07, 6.45) is -1.90. The number of hydrogen-bond acceptors (Lipinski definition) is 1. The summed E-state index contributed by atoms with van der Waals surface area (Å²) in [6, 6.07) is 13.8. The Morgan fingerprint density at radius 1 is 1.11 bits per heavy atom. The molecule has 3 unspecified atom stereocenters. The minimum atomic E-state index is -4.26. The Balaban J connectivity index is 0.00000225. The van der Waals surface area contributed by atoms with Crippen molar-refractivity contribution in [3.63, 3.8) is 0 Å². The van der Waals surface area contributed by atoms with Crippen molar-refractivity contribution in [3.05, 3.63) is 70.3 Å². The molecule has 2 aliphatic rings. The Hall–Kier alpha value is -1.52. The molecule has 2 aromatic carbocycles. The van der Waals surface area contributed by atoms with Gasteiger partial charge in [-0.15, -0.1) is 12.4 Å². The van der Waals surface area contributed by atoms with Crippen molar-refractivity contribution in [3.8, 4) is 0 Å². The van der Waals surface area contributed by atoms with Crippen molar-refractivity contribution in [2.45, 2.75) is 51.2 Å². The lowest BCUT2D eigenvalue weighted by atomic mass is 9.72. The molecule has 0 spiro atoms. The number of likely N-dealkylation sites (N-methyl/N-ethyl adjacent to an activating group) is 1. The maximum Gasteiger partial charge on any atom is 0.416 e. The third kappa shape index (κ3) is 3.81. The topological polar surface area (TPSA) is 3.24 Å². The van der Waals surface area contributed by atoms with E-state index in [-0.39, 0.29) is 18.3 Å². The van der Waals surface area contributed by atoms with Gasteiger partial charge in [0.05, 0.1) is 5.56 Å². The predicted molar refractivity (Wildman–Crippen MR) is 109 cm³/mol. The van der Waals surface area contributed by atoms with E-state index >= 15 is 0 Å². The van der Waals surface area contributed by atoms with Gasteiger partial charge in [0, 0.05) is 18.5 Å². The molecule has 1 nitrogen and oxygen atoms in total. The zero-order valence-electron chi connectivity index (χ0n) is 16.3. The summed E-state index contributed by atoms with van der Waals surface area (Å²) in [7, 11) is 0. The van der Waals surface area contributed by atoms with Crippen LogP contribution in [0, 0.1) is 12.8 Å². The maximum absolute atomic E-state index is 13.5. The number of aryl methyl sites for hydroxylation is 1. The molecule has 0 bridgehead atoms. The molecule has 1 aliphatic heterocycles. The zero-order chi connectivity index (χ0) is 19.2. The number of benzene rings is 2. The first kappa shape index (κ1) is 21.2. The monoisotopic (exact) mass is 409 g/mol. The van der Waals surface area contributed by atoms with Crippen LogP contribution >= 0.6 is 12.4 Å². The molecule has 0 saturated carbocycles. The third-order valence-corrected chi connectivity index (χ3v) is 6.49. The van der Waals surface area contributed by atoms with Gasteiger partial charge >= 0.3 is 6.18 Å². The first-order valence-electron chi connectivity index (χ1n) is 9.87. The highest BCUT2D eigenvalue weighted by molar-refractivity contribution is 5.85. The molecular formula is C23H27ClF3N. The average molecular weight is 410 g/mol. The lowest BCUT2D eigenvalue weighted by molar-refractivity contribution is -0.138. The number of hydrogen-bond donors (Lipinski definition) is 0. The fraction of sp³-hybridized carbons (Fsp3) is 0.478. The Morgan fingerprint density at radius 3 is 2.54 bits per heavy atom. The molecule has 0 radical (unpaired) electrons. The number of nitrogens with zero attached hydrogens (tertiary/aromatic N) is 1. The Morgan fingerprint density at radius 2 is 1.86 bits per heavy atom. The Labute approximate surface area is 171 Å². The van der Waals surface area contributed by atoms with Crippen LogP contribution in [0.25, 0.3) is 0 Å². The van der Waals surface area contributed by atoms with Gasteiger partial charge in [-0.2, -0.15) is 13.2 Å². The Kier molecular flexibility index (Phi) is 6.11. The molecule has 1 saturated heterocycles. The highest BCUT2D eigenvalue weighted by atomic mass is 35.5. The van der Waals surface area contributed by atoms with Crippen LogP contribution in [-0.2, 0) is 19.0 Å². The molecule has 0 aromatic heterocycles. The molecule has 28 heavy (non-hydrogen) atoms. The molecule has 2 aromatic rings. The molecule has 152 valence electrons. The van der Waals surface area contributed by atoms with Crippen LogP contribution in [0.5, 0.6) is 0 Å². The summed E-state index contributed by atoms with van der Waals surface area (Å²) < 4.78 is 40.4. The van der Waals surface area contributed by atoms with Gasteiger partial charge in [0.2, 0.25) is 0 Å². The summed E-state index contributed by atoms with van der Waals surface area (Å²) in [4.78, 5) is 2.48. The van der Waals surface area contributed by atoms with Gasteiger partial charge in [-0.1, -0.05) is 48.9 Å². The molecule has 4 rings (SSSR count). The number of alkyl halides is 3. The lowest BCUT2D eigenvalue weighted by Crippen LogP contribution is -2.35. The van der Waals surface area contributed by atoms with Crippen LogP contribution in [0.15, 0.2) is 42.5 Å². The first-order valence-corrected chi connectivity index (χ1v) is 9.87. The zero-order valence-corrected chi connectivity index (χ0v) is 17.1. The molecule has 1 fully saturated rings. The van der Waals surface area contributed by atoms with Crippen LogP contribution in [0.2, 0.25) is 0 Å². The fourth-order valence-electron chi connectivity index (χ4n) is 5.32. The fourth-order valence-corrected chi connectivity index (χ4v) is 5.32. The van der Waals surface area contributed by atoms with E-state index in [4.69, 9.17) is 0 Å². The lowest BCUT2D eigenvalue weighted by Gasteiger charge is -2.33. The molecule has 0 N–H and O–H groups in total. The number of likely N-dealkylation sites (tertiary alicyclic amines) is 1. The van der Waals surface area contributed by atoms with Crippen molar-refractivity contribution in [1.82, 2.24) is 4.90 Å². The number of fused-ring (bicyclic) bond motifs is 3. The van der Waals surface area contributed by atoms with Gasteiger partial charge in [-0.05, 0) is 61.4 Å². The van der Waals surface area contributed by atoms with Crippen molar-refractivity contribution in [1.29, 1.82) is 0 Å². The standard InChI is InChI=1S/C23H26F3N.ClH/c1-3-27-14-20-17-8-5-9-21(23(24,25)26)18(17)10-11-19(20)22(27)13-16-7-4-6-15(2)12-16;/h4-9,12,19-20,22H,3,10-11,13-14H2,1-2H3;1H. The summed E-state index contributed by atoms with van der Waals surface area (Å²) >= 11 is 0. The number of halogens is 4. The van der Waals surface area contributed by atoms with Gasteiger partial charge < -0.3 is 0 Å². The normalized spacial score (nSPS) is 24.4. The quantitative estimate of drug-likeness (QED) is 0.598. The molecule has 1 heterocycles. The highest BCUT2D eigenvalue weighted by Gasteiger charge is 2.46. The van der Waals surface area contributed by atoms with Gasteiger partial charge in [-0.25, -0.2) is 0 Å². The van der Waals surface area contributed by atoms with Gasteiger partial charge in [0.1, 0.15) is 0 Å². The minimum Gasteiger partial charge on any atom is -0.299 e. The number of rotatable bonds is 3. The molecular weight excluding hydrogens is 383 g/mol. The minimum absolute atomic E-state index is 0. The van der Waals surface area contributed by atoms with Crippen LogP contribution in [0.1, 0.15) is 47.1 Å². The molecule has 0 amide bonds. The molecule has 1 aliphatic carbocycles. The van der Waals surface area contributed by atoms with Crippen LogP contribution in [0.4, 0.5) is 13.2 Å². The van der Waals surface area contributed by atoms with E-state index in [1.54, 1.807) is 6.07 Å². The van der Waals surface area contributed by atoms with E-state index < -0.39 is 11.7 Å². The van der Waals surface area contributed by atoms with E-state index in [1.165, 1.54) is 17.2 Å². The van der Waals surface area contributed by atoms with E-state index in [0.717, 1.165) is 31.5 Å². The third-order valence-electron chi connectivity index (χ3n) is 6.49. The van der Waals surface area contributed by atoms with Crippen molar-refractivity contribution < 1.29 is 13.2 Å². The van der Waals surface area contributed by atoms with Gasteiger partial charge in [0.15, 0.2) is 0 Å². The van der Waals surface area contributed by atoms with Crippen molar-refractivity contribution >= 4 is 12.4 Å². The highest BCUT2D eigenvalue weighted by Crippen LogP contribution is 2.48. The summed E-state index contributed by atoms with van der Waals surface area (Å²) in [5.74, 6) is 0.646. The van der Waals surface area contributed by atoms with Crippen LogP contribution < -0.4 is 0 Å². The smallest absolute Gasteiger partial charge is 0.299 e. The summed E-state index contributed by atoms with van der Waals surface area (Å²) in [5, 5.41) is 0. The van der Waals surface area contributed by atoms with Gasteiger partial charge in [0.25, 0.3) is 0 Å². The molecule has 3 atom stereocenters.